The van der Waals surface area contributed by atoms with Crippen molar-refractivity contribution in [1.82, 2.24) is 15.4 Å². The van der Waals surface area contributed by atoms with Crippen LogP contribution in [-0.2, 0) is 4.74 Å². The molecule has 1 aliphatic rings. The van der Waals surface area contributed by atoms with Gasteiger partial charge in [-0.2, -0.15) is 10.3 Å². The minimum Gasteiger partial charge on any atom is -0.381 e. The fraction of sp³-hybridized carbons (Fsp3) is 0.778. The highest BCUT2D eigenvalue weighted by atomic mass is 32.2. The molecule has 0 radical (unpaired) electrons. The van der Waals surface area contributed by atoms with Crippen LogP contribution in [0.3, 0.4) is 0 Å². The smallest absolute Gasteiger partial charge is 0.138 e. The zero-order chi connectivity index (χ0) is 9.80. The first-order valence-corrected chi connectivity index (χ1v) is 5.84. The van der Waals surface area contributed by atoms with Gasteiger partial charge in [-0.15, -0.1) is 5.10 Å². The van der Waals surface area contributed by atoms with Crippen molar-refractivity contribution in [3.05, 3.63) is 6.20 Å². The molecule has 1 aliphatic heterocycles. The summed E-state index contributed by atoms with van der Waals surface area (Å²) < 4.78 is 5.34. The number of aromatic nitrogens is 3. The molecule has 1 aromatic rings. The zero-order valence-electron chi connectivity index (χ0n) is 8.27. The van der Waals surface area contributed by atoms with Gasteiger partial charge >= 0.3 is 0 Å². The summed E-state index contributed by atoms with van der Waals surface area (Å²) in [4.78, 5) is 0. The summed E-state index contributed by atoms with van der Waals surface area (Å²) in [7, 11) is 0. The summed E-state index contributed by atoms with van der Waals surface area (Å²) in [6.45, 7) is 4.08. The van der Waals surface area contributed by atoms with E-state index in [4.69, 9.17) is 4.74 Å². The predicted molar refractivity (Wildman–Crippen MR) is 55.2 cm³/mol. The summed E-state index contributed by atoms with van der Waals surface area (Å²) >= 11 is 1.80. The monoisotopic (exact) mass is 213 g/mol. The van der Waals surface area contributed by atoms with Crippen LogP contribution in [0, 0.1) is 5.92 Å². The van der Waals surface area contributed by atoms with Gasteiger partial charge in [-0.25, -0.2) is 0 Å². The van der Waals surface area contributed by atoms with Gasteiger partial charge in [0.2, 0.25) is 0 Å². The highest BCUT2D eigenvalue weighted by Gasteiger charge is 2.21. The van der Waals surface area contributed by atoms with Crippen LogP contribution in [0.4, 0.5) is 0 Å². The molecule has 0 bridgehead atoms. The molecule has 2 heterocycles. The van der Waals surface area contributed by atoms with E-state index in [-0.39, 0.29) is 0 Å². The number of hydrogen-bond acceptors (Lipinski definition) is 4. The van der Waals surface area contributed by atoms with E-state index >= 15 is 0 Å². The molecule has 0 aliphatic carbocycles. The number of nitrogens with one attached hydrogen (secondary N) is 1. The Hall–Kier alpha value is -0.550. The molecular weight excluding hydrogens is 198 g/mol. The van der Waals surface area contributed by atoms with Crippen molar-refractivity contribution in [3.8, 4) is 0 Å². The minimum atomic E-state index is 0.601. The number of rotatable bonds is 3. The van der Waals surface area contributed by atoms with E-state index < -0.39 is 0 Å². The molecule has 1 aromatic heterocycles. The number of nitrogens with zero attached hydrogens (tertiary/aromatic N) is 2. The molecule has 4 nitrogen and oxygen atoms in total. The maximum atomic E-state index is 5.34. The van der Waals surface area contributed by atoms with Gasteiger partial charge in [0, 0.05) is 18.5 Å². The SMILES string of the molecule is C[C@H](Sc1cn[nH]n1)C1CCOCC1. The van der Waals surface area contributed by atoms with Crippen LogP contribution >= 0.6 is 11.8 Å². The second-order valence-corrected chi connectivity index (χ2v) is 4.98. The van der Waals surface area contributed by atoms with E-state index in [2.05, 4.69) is 22.3 Å². The van der Waals surface area contributed by atoms with Crippen molar-refractivity contribution in [2.75, 3.05) is 13.2 Å². The van der Waals surface area contributed by atoms with Crippen LogP contribution in [-0.4, -0.2) is 33.9 Å². The van der Waals surface area contributed by atoms with E-state index in [1.54, 1.807) is 18.0 Å². The molecule has 2 rings (SSSR count). The van der Waals surface area contributed by atoms with Gasteiger partial charge in [-0.1, -0.05) is 18.7 Å². The zero-order valence-corrected chi connectivity index (χ0v) is 9.09. The lowest BCUT2D eigenvalue weighted by atomic mass is 9.97. The number of ether oxygens (including phenoxy) is 1. The van der Waals surface area contributed by atoms with Gasteiger partial charge in [0.25, 0.3) is 0 Å². The van der Waals surface area contributed by atoms with Gasteiger partial charge in [-0.3, -0.25) is 0 Å². The van der Waals surface area contributed by atoms with E-state index in [1.807, 2.05) is 0 Å². The van der Waals surface area contributed by atoms with Crippen LogP contribution in [0.1, 0.15) is 19.8 Å². The summed E-state index contributed by atoms with van der Waals surface area (Å²) in [5.74, 6) is 0.755. The normalized spacial score (nSPS) is 20.9. The number of hydrogen-bond donors (Lipinski definition) is 1. The third-order valence-corrected chi connectivity index (χ3v) is 3.82. The molecule has 14 heavy (non-hydrogen) atoms. The first-order valence-electron chi connectivity index (χ1n) is 4.96. The second kappa shape index (κ2) is 4.79. The summed E-state index contributed by atoms with van der Waals surface area (Å²) in [6.07, 6.45) is 4.12. The van der Waals surface area contributed by atoms with Crippen molar-refractivity contribution >= 4 is 11.8 Å². The Morgan fingerprint density at radius 1 is 1.57 bits per heavy atom. The van der Waals surface area contributed by atoms with Gasteiger partial charge in [-0.05, 0) is 18.8 Å². The van der Waals surface area contributed by atoms with E-state index in [9.17, 15) is 0 Å². The van der Waals surface area contributed by atoms with Crippen LogP contribution in [0.25, 0.3) is 0 Å². The highest BCUT2D eigenvalue weighted by Crippen LogP contribution is 2.31. The lowest BCUT2D eigenvalue weighted by Gasteiger charge is -2.26. The number of aromatic amines is 1. The molecule has 0 amide bonds. The average Bonchev–Trinajstić information content (AvgIpc) is 2.72. The molecule has 1 fully saturated rings. The van der Waals surface area contributed by atoms with Crippen LogP contribution in [0.2, 0.25) is 0 Å². The van der Waals surface area contributed by atoms with E-state index in [1.165, 1.54) is 12.8 Å². The topological polar surface area (TPSA) is 50.8 Å². The van der Waals surface area contributed by atoms with Crippen molar-refractivity contribution in [2.24, 2.45) is 5.92 Å². The summed E-state index contributed by atoms with van der Waals surface area (Å²) in [5, 5.41) is 12.1. The molecule has 78 valence electrons. The third kappa shape index (κ3) is 2.48. The molecular formula is C9H15N3OS. The third-order valence-electron chi connectivity index (χ3n) is 2.63. The number of thioether (sulfide) groups is 1. The van der Waals surface area contributed by atoms with E-state index in [0.717, 1.165) is 24.2 Å². The molecule has 1 saturated heterocycles. The summed E-state index contributed by atoms with van der Waals surface area (Å²) in [6, 6.07) is 0. The Morgan fingerprint density at radius 3 is 3.00 bits per heavy atom. The lowest BCUT2D eigenvalue weighted by Crippen LogP contribution is -2.23. The lowest BCUT2D eigenvalue weighted by molar-refractivity contribution is 0.0669. The minimum absolute atomic E-state index is 0.601. The van der Waals surface area contributed by atoms with Crippen molar-refractivity contribution < 1.29 is 4.74 Å². The fourth-order valence-corrected chi connectivity index (χ4v) is 2.77. The average molecular weight is 213 g/mol. The number of H-pyrrole nitrogens is 1. The summed E-state index contributed by atoms with van der Waals surface area (Å²) in [5.41, 5.74) is 0. The standard InChI is InChI=1S/C9H15N3OS/c1-7(8-2-4-13-5-3-8)14-9-6-10-12-11-9/h6-8H,2-5H2,1H3,(H,10,11,12)/t7-/m0/s1. The molecule has 0 aromatic carbocycles. The first kappa shape index (κ1) is 9.98. The van der Waals surface area contributed by atoms with Gasteiger partial charge in [0.05, 0.1) is 6.20 Å². The molecule has 1 N–H and O–H groups in total. The van der Waals surface area contributed by atoms with Crippen molar-refractivity contribution in [2.45, 2.75) is 30.0 Å². The van der Waals surface area contributed by atoms with Crippen molar-refractivity contribution in [3.63, 3.8) is 0 Å². The van der Waals surface area contributed by atoms with Crippen LogP contribution < -0.4 is 0 Å². The fourth-order valence-electron chi connectivity index (χ4n) is 1.72. The molecule has 0 saturated carbocycles. The molecule has 0 spiro atoms. The Balaban J connectivity index is 1.85. The highest BCUT2D eigenvalue weighted by molar-refractivity contribution is 7.99. The Bertz CT molecular complexity index is 259. The maximum Gasteiger partial charge on any atom is 0.138 e. The quantitative estimate of drug-likeness (QED) is 0.777. The van der Waals surface area contributed by atoms with Crippen LogP contribution in [0.5, 0.6) is 0 Å². The van der Waals surface area contributed by atoms with Crippen LogP contribution in [0.15, 0.2) is 11.2 Å². The Labute approximate surface area is 87.8 Å². The van der Waals surface area contributed by atoms with Crippen molar-refractivity contribution in [1.29, 1.82) is 0 Å². The second-order valence-electron chi connectivity index (χ2n) is 3.58. The Morgan fingerprint density at radius 2 is 2.36 bits per heavy atom. The van der Waals surface area contributed by atoms with Gasteiger partial charge < -0.3 is 4.74 Å². The first-order chi connectivity index (χ1) is 6.86. The Kier molecular flexibility index (Phi) is 3.42. The van der Waals surface area contributed by atoms with E-state index in [0.29, 0.717) is 5.25 Å². The van der Waals surface area contributed by atoms with Gasteiger partial charge in [0.1, 0.15) is 5.03 Å². The molecule has 1 atom stereocenters. The maximum absolute atomic E-state index is 5.34. The largest absolute Gasteiger partial charge is 0.381 e. The van der Waals surface area contributed by atoms with Gasteiger partial charge in [0.15, 0.2) is 0 Å². The molecule has 5 heteroatoms. The molecule has 0 unspecified atom stereocenters. The predicted octanol–water partition coefficient (Wildman–Crippen LogP) is 1.71.